The van der Waals surface area contributed by atoms with Gasteiger partial charge in [0, 0.05) is 0 Å². The third-order valence-corrected chi connectivity index (χ3v) is 8.76. The average molecular weight is 814 g/mol. The number of fused-ring (bicyclic) bond motifs is 21. The summed E-state index contributed by atoms with van der Waals surface area (Å²) in [5, 5.41) is 0. The van der Waals surface area contributed by atoms with Crippen LogP contribution in [0.25, 0.3) is 0 Å². The van der Waals surface area contributed by atoms with Crippen LogP contribution in [0.3, 0.4) is 0 Å². The molecule has 0 spiro atoms. The van der Waals surface area contributed by atoms with Crippen LogP contribution in [0.1, 0.15) is 0 Å². The van der Waals surface area contributed by atoms with Crippen LogP contribution < -0.4 is 0 Å². The van der Waals surface area contributed by atoms with Crippen molar-refractivity contribution in [3.8, 4) is 0 Å². The topological polar surface area (TPSA) is 295 Å². The Morgan fingerprint density at radius 3 is 0.444 bits per heavy atom. The Labute approximate surface area is 296 Å². The van der Waals surface area contributed by atoms with Crippen molar-refractivity contribution in [3.63, 3.8) is 0 Å². The highest BCUT2D eigenvalue weighted by atomic mass is 28.3. The molecule has 0 saturated carbocycles. The molecule has 20 bridgehead atoms. The maximum atomic E-state index is 5.58. The standard InChI is InChI=1S/C12H12O17.C9H10O15Si/c13-1-2-15-5-17-3(13)19-7-23-9(21-5)27-12-28-10-22-6(16-2)18-4(14-1)20-8(24-10)26-11(25-7)29-12;10-1-11-3-15-4-12-2(10)14-6-19-8(17-4)23-25-22-7(16-3)18-5(13-1)20-9(21-6)24-25/h1-12H;1-9,25H. The third-order valence-electron chi connectivity index (χ3n) is 7.43. The van der Waals surface area contributed by atoms with E-state index in [4.69, 9.17) is 151 Å². The number of rotatable bonds is 0. The van der Waals surface area contributed by atoms with Crippen LogP contribution in [0.2, 0.25) is 0 Å². The summed E-state index contributed by atoms with van der Waals surface area (Å²) in [7, 11) is -3.00. The number of hydrogen-bond acceptors (Lipinski definition) is 32. The molecule has 0 aromatic carbocycles. The zero-order valence-corrected chi connectivity index (χ0v) is 26.9. The first-order valence-electron chi connectivity index (χ1n) is 15.4. The van der Waals surface area contributed by atoms with Gasteiger partial charge in [-0.25, -0.2) is 0 Å². The van der Waals surface area contributed by atoms with Gasteiger partial charge in [0.1, 0.15) is 0 Å². The minimum Gasteiger partial charge on any atom is -0.325 e. The van der Waals surface area contributed by atoms with Gasteiger partial charge in [-0.05, 0) is 0 Å². The van der Waals surface area contributed by atoms with Crippen molar-refractivity contribution in [1.82, 2.24) is 0 Å². The molecule has 302 valence electrons. The molecule has 11 fully saturated rings. The van der Waals surface area contributed by atoms with Crippen LogP contribution in [0.15, 0.2) is 0 Å². The molecule has 11 heterocycles. The summed E-state index contributed by atoms with van der Waals surface area (Å²) in [6, 6.07) is 0. The van der Waals surface area contributed by atoms with Gasteiger partial charge in [-0.15, -0.1) is 0 Å². The molecule has 32 nitrogen and oxygen atoms in total. The summed E-state index contributed by atoms with van der Waals surface area (Å²) in [6.07, 6.45) is -2.62. The average Bonchev–Trinajstić information content (AvgIpc) is 3.30. The van der Waals surface area contributed by atoms with Gasteiger partial charge in [0.25, 0.3) is 123 Å². The Bertz CT molecular complexity index is 1070. The predicted octanol–water partition coefficient (Wildman–Crippen LogP) is -4.56. The van der Waals surface area contributed by atoms with Crippen LogP contribution in [0, 0.1) is 0 Å². The van der Waals surface area contributed by atoms with Gasteiger partial charge in [0.15, 0.2) is 0 Å². The molecule has 33 heteroatoms. The van der Waals surface area contributed by atoms with E-state index < -0.39 is 145 Å². The molecule has 11 rings (SSSR count). The molecule has 0 amide bonds. The zero-order chi connectivity index (χ0) is 35.3. The van der Waals surface area contributed by atoms with Crippen LogP contribution >= 0.6 is 0 Å². The molecule has 0 radical (unpaired) electrons. The highest BCUT2D eigenvalue weighted by Gasteiger charge is 2.54. The molecule has 16 unspecified atom stereocenters. The lowest BCUT2D eigenvalue weighted by Gasteiger charge is -2.46. The minimum absolute atomic E-state index is 1.31. The van der Waals surface area contributed by atoms with Crippen molar-refractivity contribution >= 4 is 9.53 Å². The Morgan fingerprint density at radius 2 is 0.278 bits per heavy atom. The van der Waals surface area contributed by atoms with Gasteiger partial charge in [0.05, 0.1) is 0 Å². The summed E-state index contributed by atoms with van der Waals surface area (Å²) >= 11 is 0. The van der Waals surface area contributed by atoms with Crippen LogP contribution in [0.4, 0.5) is 0 Å². The molecule has 11 aliphatic heterocycles. The molecule has 11 aliphatic rings. The van der Waals surface area contributed by atoms with Gasteiger partial charge >= 0.3 is 9.53 Å². The summed E-state index contributed by atoms with van der Waals surface area (Å²) in [5.41, 5.74) is 0. The Hall–Kier alpha value is -1.06. The molecular weight excluding hydrogens is 792 g/mol. The third kappa shape index (κ3) is 7.41. The largest absolute Gasteiger partial charge is 0.495 e. The molecule has 0 aromatic rings. The van der Waals surface area contributed by atoms with E-state index in [1.54, 1.807) is 0 Å². The second-order valence-corrected chi connectivity index (χ2v) is 12.3. The van der Waals surface area contributed by atoms with Crippen molar-refractivity contribution in [2.24, 2.45) is 0 Å². The predicted molar refractivity (Wildman–Crippen MR) is 121 cm³/mol. The number of ether oxygens (including phenoxy) is 29. The van der Waals surface area contributed by atoms with Crippen LogP contribution in [0.5, 0.6) is 0 Å². The van der Waals surface area contributed by atoms with E-state index in [1.165, 1.54) is 0 Å². The van der Waals surface area contributed by atoms with Crippen molar-refractivity contribution in [2.75, 3.05) is 0 Å². The molecule has 0 aliphatic carbocycles. The SMILES string of the molecule is O1C2OC3OC4OC1OC1OC(O2)OC2OC(O1)OC1OC(O4)OC(O3)OC1O2.O1C2OC3OC4OC1OC1OC(O4)O[SiH]4OC(O3)OC(O2)OC(O1)O4. The second kappa shape index (κ2) is 14.3. The number of hydrogen-bond donors (Lipinski definition) is 0. The maximum Gasteiger partial charge on any atom is 0.495 e. The first-order valence-corrected chi connectivity index (χ1v) is 16.8. The fourth-order valence-corrected chi connectivity index (χ4v) is 6.35. The van der Waals surface area contributed by atoms with E-state index in [2.05, 4.69) is 0 Å². The van der Waals surface area contributed by atoms with Crippen molar-refractivity contribution in [2.45, 2.75) is 136 Å². The van der Waals surface area contributed by atoms with E-state index in [0.29, 0.717) is 0 Å². The molecule has 16 atom stereocenters. The Kier molecular flexibility index (Phi) is 9.28. The molecule has 0 N–H and O–H groups in total. The Morgan fingerprint density at radius 1 is 0.148 bits per heavy atom. The fraction of sp³-hybridized carbons (Fsp3) is 1.00. The first-order chi connectivity index (χ1) is 26.5. The summed E-state index contributed by atoms with van der Waals surface area (Å²) < 4.78 is 174. The minimum atomic E-state index is -3.00. The van der Waals surface area contributed by atoms with E-state index in [9.17, 15) is 0 Å². The first kappa shape index (κ1) is 34.9. The highest BCUT2D eigenvalue weighted by Crippen LogP contribution is 2.37. The van der Waals surface area contributed by atoms with Crippen molar-refractivity contribution in [3.05, 3.63) is 0 Å². The molecule has 11 saturated heterocycles. The van der Waals surface area contributed by atoms with E-state index in [-0.39, 0.29) is 0 Å². The maximum absolute atomic E-state index is 5.58. The molecule has 54 heavy (non-hydrogen) atoms. The quantitative estimate of drug-likeness (QED) is 0.208. The lowest BCUT2D eigenvalue weighted by atomic mass is 10.6. The van der Waals surface area contributed by atoms with E-state index >= 15 is 0 Å². The summed E-state index contributed by atoms with van der Waals surface area (Å²) in [5.74, 6) is 0. The van der Waals surface area contributed by atoms with Crippen molar-refractivity contribution < 1.29 is 151 Å². The lowest BCUT2D eigenvalue weighted by Crippen LogP contribution is -2.60. The van der Waals surface area contributed by atoms with Crippen LogP contribution in [-0.4, -0.2) is 145 Å². The normalized spacial score (nSPS) is 58.2. The van der Waals surface area contributed by atoms with Gasteiger partial charge in [-0.3, -0.25) is 137 Å². The van der Waals surface area contributed by atoms with Crippen molar-refractivity contribution in [1.29, 1.82) is 0 Å². The zero-order valence-electron chi connectivity index (χ0n) is 25.8. The van der Waals surface area contributed by atoms with Crippen LogP contribution in [-0.2, 0) is 151 Å². The highest BCUT2D eigenvalue weighted by molar-refractivity contribution is 6.36. The summed E-state index contributed by atoms with van der Waals surface area (Å²) in [6.45, 7) is -27.7. The summed E-state index contributed by atoms with van der Waals surface area (Å²) in [4.78, 5) is 0. The van der Waals surface area contributed by atoms with Gasteiger partial charge in [-0.2, -0.15) is 0 Å². The Balaban J connectivity index is 0.000000122. The van der Waals surface area contributed by atoms with E-state index in [0.717, 1.165) is 0 Å². The smallest absolute Gasteiger partial charge is 0.325 e. The van der Waals surface area contributed by atoms with Gasteiger partial charge in [0.2, 0.25) is 12.6 Å². The van der Waals surface area contributed by atoms with E-state index in [1.807, 2.05) is 0 Å². The second-order valence-electron chi connectivity index (χ2n) is 10.9. The molecular formula is C21H22O32Si. The van der Waals surface area contributed by atoms with Gasteiger partial charge < -0.3 is 13.3 Å². The molecule has 0 aromatic heterocycles. The monoisotopic (exact) mass is 814 g/mol. The fourth-order valence-electron chi connectivity index (χ4n) is 5.22. The lowest BCUT2D eigenvalue weighted by molar-refractivity contribution is -0.639. The van der Waals surface area contributed by atoms with Gasteiger partial charge in [-0.1, -0.05) is 0 Å².